The molecule has 3 fully saturated rings. The first-order valence-electron chi connectivity index (χ1n) is 11.8. The molecule has 1 aliphatic heterocycles. The van der Waals surface area contributed by atoms with E-state index in [0.29, 0.717) is 22.2 Å². The van der Waals surface area contributed by atoms with Crippen LogP contribution in [0.3, 0.4) is 0 Å². The lowest BCUT2D eigenvalue weighted by atomic mass is 9.70. The molecule has 0 unspecified atom stereocenters. The number of ether oxygens (including phenoxy) is 1. The molecule has 1 heterocycles. The molecule has 0 N–H and O–H groups in total. The molecule has 0 aromatic heterocycles. The molecule has 2 bridgehead atoms. The van der Waals surface area contributed by atoms with Gasteiger partial charge in [-0.2, -0.15) is 0 Å². The lowest BCUT2D eigenvalue weighted by Crippen LogP contribution is -2.38. The van der Waals surface area contributed by atoms with Crippen molar-refractivity contribution in [3.8, 4) is 0 Å². The van der Waals surface area contributed by atoms with Crippen molar-refractivity contribution in [1.29, 1.82) is 0 Å². The molecule has 1 saturated heterocycles. The Morgan fingerprint density at radius 3 is 2.03 bits per heavy atom. The SMILES string of the molecule is CC1(C)[C@@H]2CC[C@@]1(C)[C@@H]1O[C@H](c3ccccc3P(c3ccccc3)c3ccccc3)S[C@H]21. The highest BCUT2D eigenvalue weighted by Gasteiger charge is 2.69. The van der Waals surface area contributed by atoms with Crippen molar-refractivity contribution in [2.75, 3.05) is 0 Å². The normalized spacial score (nSPS) is 32.4. The third-order valence-corrected chi connectivity index (χ3v) is 12.7. The van der Waals surface area contributed by atoms with Crippen LogP contribution < -0.4 is 15.9 Å². The molecule has 2 aliphatic carbocycles. The van der Waals surface area contributed by atoms with Gasteiger partial charge in [0.25, 0.3) is 0 Å². The molecule has 5 atom stereocenters. The van der Waals surface area contributed by atoms with Crippen molar-refractivity contribution in [3.05, 3.63) is 90.5 Å². The number of hydrogen-bond acceptors (Lipinski definition) is 2. The second kappa shape index (κ2) is 7.73. The standard InChI is InChI=1S/C29H31OPS/c1-28(2)23-18-19-29(28,3)26-25(23)32-27(30-26)22-16-10-11-17-24(22)31(20-12-6-4-7-13-20)21-14-8-5-9-15-21/h4-17,23,25-27H,18-19H2,1-3H3/t23-,25-,26-,27+,29+/m1/s1. The summed E-state index contributed by atoms with van der Waals surface area (Å²) >= 11 is 2.11. The van der Waals surface area contributed by atoms with Gasteiger partial charge in [-0.15, -0.1) is 11.8 Å². The number of thioether (sulfide) groups is 1. The average Bonchev–Trinajstić information content (AvgIpc) is 3.40. The van der Waals surface area contributed by atoms with Crippen LogP contribution in [0.25, 0.3) is 0 Å². The van der Waals surface area contributed by atoms with Crippen molar-refractivity contribution in [2.45, 2.75) is 50.4 Å². The van der Waals surface area contributed by atoms with Crippen molar-refractivity contribution >= 4 is 35.6 Å². The monoisotopic (exact) mass is 458 g/mol. The van der Waals surface area contributed by atoms with Crippen LogP contribution in [0.2, 0.25) is 0 Å². The van der Waals surface area contributed by atoms with Gasteiger partial charge in [0.1, 0.15) is 5.44 Å². The first-order chi connectivity index (χ1) is 15.5. The van der Waals surface area contributed by atoms with Gasteiger partial charge in [0, 0.05) is 10.7 Å². The number of hydrogen-bond donors (Lipinski definition) is 0. The summed E-state index contributed by atoms with van der Waals surface area (Å²) in [5.74, 6) is 0.768. The predicted octanol–water partition coefficient (Wildman–Crippen LogP) is 6.40. The minimum absolute atomic E-state index is 0.134. The maximum absolute atomic E-state index is 6.98. The van der Waals surface area contributed by atoms with E-state index in [1.54, 1.807) is 0 Å². The van der Waals surface area contributed by atoms with Gasteiger partial charge < -0.3 is 4.74 Å². The van der Waals surface area contributed by atoms with E-state index >= 15 is 0 Å². The summed E-state index contributed by atoms with van der Waals surface area (Å²) in [7, 11) is -0.629. The maximum Gasteiger partial charge on any atom is 0.129 e. The van der Waals surface area contributed by atoms with E-state index < -0.39 is 7.92 Å². The van der Waals surface area contributed by atoms with Gasteiger partial charge in [-0.05, 0) is 53.6 Å². The lowest BCUT2D eigenvalue weighted by molar-refractivity contribution is -0.0442. The number of fused-ring (bicyclic) bond motifs is 5. The van der Waals surface area contributed by atoms with Crippen molar-refractivity contribution in [3.63, 3.8) is 0 Å². The zero-order chi connectivity index (χ0) is 21.9. The molecule has 2 saturated carbocycles. The smallest absolute Gasteiger partial charge is 0.129 e. The fraction of sp³-hybridized carbons (Fsp3) is 0.379. The van der Waals surface area contributed by atoms with Gasteiger partial charge in [0.2, 0.25) is 0 Å². The Kier molecular flexibility index (Phi) is 5.06. The van der Waals surface area contributed by atoms with Crippen LogP contribution in [-0.2, 0) is 4.74 Å². The van der Waals surface area contributed by atoms with Crippen molar-refractivity contribution in [1.82, 2.24) is 0 Å². The summed E-state index contributed by atoms with van der Waals surface area (Å²) in [5.41, 5.74) is 2.18. The third-order valence-electron chi connectivity index (χ3n) is 8.71. The van der Waals surface area contributed by atoms with Crippen molar-refractivity contribution < 1.29 is 4.74 Å². The third kappa shape index (κ3) is 2.99. The number of rotatable bonds is 4. The minimum Gasteiger partial charge on any atom is -0.358 e. The maximum atomic E-state index is 6.98. The van der Waals surface area contributed by atoms with E-state index in [9.17, 15) is 0 Å². The average molecular weight is 459 g/mol. The van der Waals surface area contributed by atoms with Gasteiger partial charge in [0.15, 0.2) is 0 Å². The highest BCUT2D eigenvalue weighted by molar-refractivity contribution is 8.00. The van der Waals surface area contributed by atoms with Crippen LogP contribution in [0, 0.1) is 16.7 Å². The Hall–Kier alpha value is -1.60. The quantitative estimate of drug-likeness (QED) is 0.419. The van der Waals surface area contributed by atoms with Crippen LogP contribution >= 0.6 is 19.7 Å². The van der Waals surface area contributed by atoms with Crippen LogP contribution in [0.1, 0.15) is 44.6 Å². The molecule has 3 aromatic carbocycles. The summed E-state index contributed by atoms with van der Waals surface area (Å²) in [6, 6.07) is 31.1. The largest absolute Gasteiger partial charge is 0.358 e. The van der Waals surface area contributed by atoms with E-state index in [2.05, 4.69) is 117 Å². The highest BCUT2D eigenvalue weighted by atomic mass is 32.2. The number of benzene rings is 3. The molecule has 1 nitrogen and oxygen atoms in total. The zero-order valence-corrected chi connectivity index (χ0v) is 20.8. The van der Waals surface area contributed by atoms with Gasteiger partial charge in [0.05, 0.1) is 6.10 Å². The Balaban J connectivity index is 1.41. The zero-order valence-electron chi connectivity index (χ0n) is 19.1. The van der Waals surface area contributed by atoms with Gasteiger partial charge in [-0.1, -0.05) is 106 Å². The molecule has 0 spiro atoms. The fourth-order valence-electron chi connectivity index (χ4n) is 6.54. The molecule has 3 aliphatic rings. The first-order valence-corrected chi connectivity index (χ1v) is 14.1. The molecular weight excluding hydrogens is 427 g/mol. The van der Waals surface area contributed by atoms with Crippen LogP contribution in [0.15, 0.2) is 84.9 Å². The molecular formula is C29H31OPS. The Morgan fingerprint density at radius 2 is 1.41 bits per heavy atom. The van der Waals surface area contributed by atoms with E-state index in [1.165, 1.54) is 34.3 Å². The second-order valence-corrected chi connectivity index (χ2v) is 13.8. The predicted molar refractivity (Wildman–Crippen MR) is 139 cm³/mol. The molecule has 3 aromatic rings. The summed E-state index contributed by atoms with van der Waals surface area (Å²) in [6.45, 7) is 7.47. The molecule has 0 amide bonds. The van der Waals surface area contributed by atoms with Gasteiger partial charge >= 0.3 is 0 Å². The first kappa shape index (κ1) is 21.0. The van der Waals surface area contributed by atoms with Gasteiger partial charge in [-0.25, -0.2) is 0 Å². The summed E-state index contributed by atoms with van der Waals surface area (Å²) in [5, 5.41) is 4.87. The topological polar surface area (TPSA) is 9.23 Å². The summed E-state index contributed by atoms with van der Waals surface area (Å²) in [4.78, 5) is 0. The van der Waals surface area contributed by atoms with Crippen LogP contribution in [0.4, 0.5) is 0 Å². The fourth-order valence-corrected chi connectivity index (χ4v) is 11.1. The summed E-state index contributed by atoms with van der Waals surface area (Å²) < 4.78 is 6.98. The van der Waals surface area contributed by atoms with Crippen LogP contribution in [0.5, 0.6) is 0 Å². The molecule has 32 heavy (non-hydrogen) atoms. The molecule has 3 heteroatoms. The lowest BCUT2D eigenvalue weighted by Gasteiger charge is -2.38. The van der Waals surface area contributed by atoms with Crippen molar-refractivity contribution in [2.24, 2.45) is 16.7 Å². The van der Waals surface area contributed by atoms with Crippen LogP contribution in [-0.4, -0.2) is 11.4 Å². The van der Waals surface area contributed by atoms with E-state index in [0.717, 1.165) is 5.92 Å². The van der Waals surface area contributed by atoms with Gasteiger partial charge in [-0.3, -0.25) is 0 Å². The highest BCUT2D eigenvalue weighted by Crippen LogP contribution is 2.72. The molecule has 0 radical (unpaired) electrons. The Morgan fingerprint density at radius 1 is 0.812 bits per heavy atom. The van der Waals surface area contributed by atoms with E-state index in [-0.39, 0.29) is 5.44 Å². The Labute approximate surface area is 197 Å². The van der Waals surface area contributed by atoms with E-state index in [4.69, 9.17) is 4.74 Å². The molecule has 164 valence electrons. The Bertz CT molecular complexity index is 1070. The van der Waals surface area contributed by atoms with E-state index in [1.807, 2.05) is 0 Å². The second-order valence-electron chi connectivity index (χ2n) is 10.3. The summed E-state index contributed by atoms with van der Waals surface area (Å²) in [6.07, 6.45) is 3.04. The minimum atomic E-state index is -0.629. The molecule has 6 rings (SSSR count).